The molecule has 2 N–H and O–H groups in total. The van der Waals surface area contributed by atoms with E-state index in [0.29, 0.717) is 12.0 Å². The molecule has 3 heteroatoms. The highest BCUT2D eigenvalue weighted by Crippen LogP contribution is 2.24. The van der Waals surface area contributed by atoms with E-state index in [0.717, 1.165) is 19.6 Å². The summed E-state index contributed by atoms with van der Waals surface area (Å²) >= 11 is 0. The van der Waals surface area contributed by atoms with E-state index >= 15 is 0 Å². The lowest BCUT2D eigenvalue weighted by atomic mass is 9.90. The van der Waals surface area contributed by atoms with E-state index in [2.05, 4.69) is 75.0 Å². The molecule has 3 nitrogen and oxygen atoms in total. The number of hydrogen-bond donors (Lipinski definition) is 1. The Morgan fingerprint density at radius 3 is 2.14 bits per heavy atom. The van der Waals surface area contributed by atoms with Gasteiger partial charge in [-0.15, -0.1) is 0 Å². The summed E-state index contributed by atoms with van der Waals surface area (Å²) in [6.45, 7) is 10.1. The molecule has 0 heterocycles. The molecule has 0 amide bonds. The van der Waals surface area contributed by atoms with Crippen LogP contribution in [0.2, 0.25) is 0 Å². The first-order valence-corrected chi connectivity index (χ1v) is 8.16. The molecule has 0 aliphatic rings. The Morgan fingerprint density at radius 2 is 1.67 bits per heavy atom. The van der Waals surface area contributed by atoms with Gasteiger partial charge < -0.3 is 10.6 Å². The van der Waals surface area contributed by atoms with Crippen LogP contribution in [0.15, 0.2) is 30.3 Å². The van der Waals surface area contributed by atoms with Crippen LogP contribution in [-0.4, -0.2) is 49.6 Å². The highest BCUT2D eigenvalue weighted by atomic mass is 15.2. The van der Waals surface area contributed by atoms with Gasteiger partial charge in [-0.3, -0.25) is 4.90 Å². The van der Waals surface area contributed by atoms with Crippen LogP contribution in [-0.2, 0) is 0 Å². The van der Waals surface area contributed by atoms with Crippen LogP contribution in [0, 0.1) is 5.92 Å². The van der Waals surface area contributed by atoms with Crippen molar-refractivity contribution in [2.45, 2.75) is 39.3 Å². The SMILES string of the molecule is CCN(CCCN(C)C)C(C(C)C)C(N)c1ccccc1. The minimum atomic E-state index is 0.0745. The first kappa shape index (κ1) is 18.1. The van der Waals surface area contributed by atoms with Crippen molar-refractivity contribution in [1.29, 1.82) is 0 Å². The molecule has 2 unspecified atom stereocenters. The topological polar surface area (TPSA) is 32.5 Å². The van der Waals surface area contributed by atoms with E-state index < -0.39 is 0 Å². The number of hydrogen-bond acceptors (Lipinski definition) is 3. The molecule has 1 aromatic carbocycles. The van der Waals surface area contributed by atoms with Crippen LogP contribution in [0.25, 0.3) is 0 Å². The van der Waals surface area contributed by atoms with Gasteiger partial charge in [0.2, 0.25) is 0 Å². The van der Waals surface area contributed by atoms with Gasteiger partial charge in [-0.1, -0.05) is 51.1 Å². The van der Waals surface area contributed by atoms with Crippen LogP contribution in [0.1, 0.15) is 38.8 Å². The van der Waals surface area contributed by atoms with E-state index in [1.807, 2.05) is 0 Å². The second-order valence-corrected chi connectivity index (χ2v) is 6.46. The van der Waals surface area contributed by atoms with Crippen molar-refractivity contribution >= 4 is 0 Å². The Labute approximate surface area is 131 Å². The van der Waals surface area contributed by atoms with Gasteiger partial charge in [0.05, 0.1) is 0 Å². The lowest BCUT2D eigenvalue weighted by Crippen LogP contribution is -2.46. The Morgan fingerprint density at radius 1 is 1.05 bits per heavy atom. The average molecular weight is 291 g/mol. The van der Waals surface area contributed by atoms with Crippen molar-refractivity contribution < 1.29 is 0 Å². The van der Waals surface area contributed by atoms with Gasteiger partial charge in [0.1, 0.15) is 0 Å². The maximum atomic E-state index is 6.60. The standard InChI is InChI=1S/C18H33N3/c1-6-21(14-10-13-20(4)5)18(15(2)3)17(19)16-11-8-7-9-12-16/h7-9,11-12,15,17-18H,6,10,13-14,19H2,1-5H3. The summed E-state index contributed by atoms with van der Waals surface area (Å²) in [5.41, 5.74) is 7.83. The van der Waals surface area contributed by atoms with Crippen molar-refractivity contribution in [3.8, 4) is 0 Å². The Hall–Kier alpha value is -0.900. The third-order valence-corrected chi connectivity index (χ3v) is 4.11. The number of nitrogens with two attached hydrogens (primary N) is 1. The summed E-state index contributed by atoms with van der Waals surface area (Å²) in [6.07, 6.45) is 1.19. The largest absolute Gasteiger partial charge is 0.323 e. The zero-order valence-electron chi connectivity index (χ0n) is 14.4. The zero-order valence-corrected chi connectivity index (χ0v) is 14.4. The second kappa shape index (κ2) is 9.19. The van der Waals surface area contributed by atoms with E-state index in [1.54, 1.807) is 0 Å². The van der Waals surface area contributed by atoms with Crippen molar-refractivity contribution in [2.24, 2.45) is 11.7 Å². The van der Waals surface area contributed by atoms with Gasteiger partial charge >= 0.3 is 0 Å². The molecule has 0 bridgehead atoms. The number of nitrogens with zero attached hydrogens (tertiary/aromatic N) is 2. The van der Waals surface area contributed by atoms with Crippen LogP contribution in [0.3, 0.4) is 0 Å². The van der Waals surface area contributed by atoms with Crippen molar-refractivity contribution in [3.05, 3.63) is 35.9 Å². The van der Waals surface area contributed by atoms with Gasteiger partial charge in [0, 0.05) is 12.1 Å². The summed E-state index contributed by atoms with van der Waals surface area (Å²) in [5.74, 6) is 0.541. The van der Waals surface area contributed by atoms with Crippen LogP contribution in [0.4, 0.5) is 0 Å². The van der Waals surface area contributed by atoms with Gasteiger partial charge in [-0.2, -0.15) is 0 Å². The molecule has 2 atom stereocenters. The molecule has 21 heavy (non-hydrogen) atoms. The van der Waals surface area contributed by atoms with Gasteiger partial charge in [0.25, 0.3) is 0 Å². The van der Waals surface area contributed by atoms with E-state index in [4.69, 9.17) is 5.73 Å². The zero-order chi connectivity index (χ0) is 15.8. The highest BCUT2D eigenvalue weighted by molar-refractivity contribution is 5.20. The Kier molecular flexibility index (Phi) is 7.94. The molecule has 0 aliphatic carbocycles. The molecular formula is C18H33N3. The summed E-state index contributed by atoms with van der Waals surface area (Å²) in [5, 5.41) is 0. The van der Waals surface area contributed by atoms with Gasteiger partial charge in [0.15, 0.2) is 0 Å². The summed E-state index contributed by atoms with van der Waals surface area (Å²) in [4.78, 5) is 4.79. The molecule has 0 spiro atoms. The predicted octanol–water partition coefficient (Wildman–Crippen LogP) is 2.98. The van der Waals surface area contributed by atoms with Crippen LogP contribution >= 0.6 is 0 Å². The Bertz CT molecular complexity index is 375. The fourth-order valence-electron chi connectivity index (χ4n) is 3.04. The molecule has 0 saturated heterocycles. The molecule has 1 aromatic rings. The number of likely N-dealkylation sites (N-methyl/N-ethyl adjacent to an activating group) is 1. The third-order valence-electron chi connectivity index (χ3n) is 4.11. The molecule has 0 radical (unpaired) electrons. The molecule has 0 aromatic heterocycles. The normalized spacial score (nSPS) is 14.9. The smallest absolute Gasteiger partial charge is 0.0455 e. The molecule has 0 aliphatic heterocycles. The minimum absolute atomic E-state index is 0.0745. The molecular weight excluding hydrogens is 258 g/mol. The molecule has 0 saturated carbocycles. The van der Waals surface area contributed by atoms with Crippen molar-refractivity contribution in [3.63, 3.8) is 0 Å². The predicted molar refractivity (Wildman–Crippen MR) is 92.4 cm³/mol. The second-order valence-electron chi connectivity index (χ2n) is 6.46. The maximum Gasteiger partial charge on any atom is 0.0455 e. The Balaban J connectivity index is 2.78. The van der Waals surface area contributed by atoms with Crippen LogP contribution < -0.4 is 5.73 Å². The van der Waals surface area contributed by atoms with E-state index in [-0.39, 0.29) is 6.04 Å². The highest BCUT2D eigenvalue weighted by Gasteiger charge is 2.27. The van der Waals surface area contributed by atoms with Crippen molar-refractivity contribution in [1.82, 2.24) is 9.80 Å². The molecule has 0 fully saturated rings. The molecule has 1 rings (SSSR count). The summed E-state index contributed by atoms with van der Waals surface area (Å²) < 4.78 is 0. The van der Waals surface area contributed by atoms with E-state index in [9.17, 15) is 0 Å². The quantitative estimate of drug-likeness (QED) is 0.759. The molecule has 120 valence electrons. The monoisotopic (exact) mass is 291 g/mol. The third kappa shape index (κ3) is 5.77. The maximum absolute atomic E-state index is 6.60. The first-order valence-electron chi connectivity index (χ1n) is 8.16. The van der Waals surface area contributed by atoms with Crippen molar-refractivity contribution in [2.75, 3.05) is 33.7 Å². The minimum Gasteiger partial charge on any atom is -0.323 e. The first-order chi connectivity index (χ1) is 9.97. The number of benzene rings is 1. The number of rotatable bonds is 9. The fourth-order valence-corrected chi connectivity index (χ4v) is 3.04. The lowest BCUT2D eigenvalue weighted by Gasteiger charge is -2.38. The average Bonchev–Trinajstić information content (AvgIpc) is 2.46. The lowest BCUT2D eigenvalue weighted by molar-refractivity contribution is 0.132. The summed E-state index contributed by atoms with van der Waals surface area (Å²) in [7, 11) is 4.26. The van der Waals surface area contributed by atoms with E-state index in [1.165, 1.54) is 12.0 Å². The fraction of sp³-hybridized carbons (Fsp3) is 0.667. The van der Waals surface area contributed by atoms with Crippen LogP contribution in [0.5, 0.6) is 0 Å². The van der Waals surface area contributed by atoms with Gasteiger partial charge in [-0.25, -0.2) is 0 Å². The summed E-state index contributed by atoms with van der Waals surface area (Å²) in [6, 6.07) is 11.0. The van der Waals surface area contributed by atoms with Gasteiger partial charge in [-0.05, 0) is 51.6 Å².